The number of aryl methyl sites for hydroxylation is 1. The number of rotatable bonds is 12. The quantitative estimate of drug-likeness (QED) is 0.262. The average molecular weight is 626 g/mol. The highest BCUT2D eigenvalue weighted by atomic mass is 35.5. The molecule has 10 heteroatoms. The Kier molecular flexibility index (Phi) is 11.1. The number of methoxy groups -OCH3 is 1. The smallest absolute Gasteiger partial charge is 0.264 e. The van der Waals surface area contributed by atoms with Crippen molar-refractivity contribution in [2.45, 2.75) is 75.9 Å². The van der Waals surface area contributed by atoms with Crippen LogP contribution in [-0.2, 0) is 26.2 Å². The molecular weight excluding hydrogens is 586 g/mol. The summed E-state index contributed by atoms with van der Waals surface area (Å²) in [4.78, 5) is 29.5. The van der Waals surface area contributed by atoms with E-state index in [9.17, 15) is 18.0 Å². The van der Waals surface area contributed by atoms with E-state index in [-0.39, 0.29) is 39.8 Å². The Hall–Kier alpha value is -3.56. The van der Waals surface area contributed by atoms with Gasteiger partial charge in [0.2, 0.25) is 11.8 Å². The van der Waals surface area contributed by atoms with Crippen LogP contribution in [0.4, 0.5) is 5.69 Å². The monoisotopic (exact) mass is 625 g/mol. The number of hydrogen-bond acceptors (Lipinski definition) is 5. The third-order valence-corrected chi connectivity index (χ3v) is 9.84. The lowest BCUT2D eigenvalue weighted by Crippen LogP contribution is -2.54. The highest BCUT2D eigenvalue weighted by molar-refractivity contribution is 7.92. The summed E-state index contributed by atoms with van der Waals surface area (Å²) in [6, 6.07) is 19.7. The molecule has 0 bridgehead atoms. The first-order valence-electron chi connectivity index (χ1n) is 14.7. The Bertz CT molecular complexity index is 1490. The summed E-state index contributed by atoms with van der Waals surface area (Å²) in [5.41, 5.74) is 1.85. The van der Waals surface area contributed by atoms with Crippen molar-refractivity contribution in [3.63, 3.8) is 0 Å². The SMILES string of the molecule is CC[C@@H](C(=O)NC1CCCCC1)N(Cc1ccccc1)C(=O)CN(c1cc(Cl)ccc1OC)S(=O)(=O)c1ccc(C)cc1. The van der Waals surface area contributed by atoms with Gasteiger partial charge in [0.1, 0.15) is 18.3 Å². The lowest BCUT2D eigenvalue weighted by molar-refractivity contribution is -0.140. The minimum absolute atomic E-state index is 0.0182. The number of halogens is 1. The maximum atomic E-state index is 14.3. The minimum Gasteiger partial charge on any atom is -0.495 e. The minimum atomic E-state index is -4.25. The van der Waals surface area contributed by atoms with Crippen LogP contribution in [0.1, 0.15) is 56.6 Å². The Morgan fingerprint density at radius 3 is 2.30 bits per heavy atom. The van der Waals surface area contributed by atoms with Gasteiger partial charge in [-0.3, -0.25) is 13.9 Å². The van der Waals surface area contributed by atoms with Crippen LogP contribution in [0.2, 0.25) is 5.02 Å². The number of amides is 2. The van der Waals surface area contributed by atoms with Gasteiger partial charge in [-0.05, 0) is 62.1 Å². The Morgan fingerprint density at radius 2 is 1.67 bits per heavy atom. The summed E-state index contributed by atoms with van der Waals surface area (Å²) >= 11 is 6.32. The maximum Gasteiger partial charge on any atom is 0.264 e. The molecule has 4 rings (SSSR count). The van der Waals surface area contributed by atoms with Crippen molar-refractivity contribution in [3.8, 4) is 5.75 Å². The van der Waals surface area contributed by atoms with E-state index in [1.54, 1.807) is 24.3 Å². The van der Waals surface area contributed by atoms with Gasteiger partial charge in [0, 0.05) is 17.6 Å². The Morgan fingerprint density at radius 1 is 1.00 bits per heavy atom. The summed E-state index contributed by atoms with van der Waals surface area (Å²) in [6.07, 6.45) is 5.45. The average Bonchev–Trinajstić information content (AvgIpc) is 3.00. The molecule has 230 valence electrons. The van der Waals surface area contributed by atoms with Crippen LogP contribution >= 0.6 is 11.6 Å². The molecule has 1 fully saturated rings. The topological polar surface area (TPSA) is 96.0 Å². The molecule has 0 saturated heterocycles. The van der Waals surface area contributed by atoms with Crippen molar-refractivity contribution in [2.24, 2.45) is 0 Å². The van der Waals surface area contributed by atoms with Crippen molar-refractivity contribution in [1.82, 2.24) is 10.2 Å². The van der Waals surface area contributed by atoms with Gasteiger partial charge in [-0.15, -0.1) is 0 Å². The van der Waals surface area contributed by atoms with Gasteiger partial charge in [0.25, 0.3) is 10.0 Å². The number of sulfonamides is 1. The first-order valence-corrected chi connectivity index (χ1v) is 16.5. The number of carbonyl (C=O) groups is 2. The number of carbonyl (C=O) groups excluding carboxylic acids is 2. The lowest BCUT2D eigenvalue weighted by Gasteiger charge is -2.34. The van der Waals surface area contributed by atoms with Crippen LogP contribution in [-0.4, -0.2) is 50.9 Å². The number of hydrogen-bond donors (Lipinski definition) is 1. The number of nitrogens with zero attached hydrogens (tertiary/aromatic N) is 2. The highest BCUT2D eigenvalue weighted by Gasteiger charge is 2.35. The fourth-order valence-corrected chi connectivity index (χ4v) is 7.04. The van der Waals surface area contributed by atoms with Crippen molar-refractivity contribution < 1.29 is 22.7 Å². The second-order valence-corrected chi connectivity index (χ2v) is 13.2. The number of nitrogens with one attached hydrogen (secondary N) is 1. The molecule has 0 radical (unpaired) electrons. The molecule has 0 aromatic heterocycles. The molecule has 2 amide bonds. The number of ether oxygens (including phenoxy) is 1. The van der Waals surface area contributed by atoms with E-state index < -0.39 is 28.5 Å². The van der Waals surface area contributed by atoms with E-state index in [4.69, 9.17) is 16.3 Å². The fraction of sp³-hybridized carbons (Fsp3) is 0.394. The second-order valence-electron chi connectivity index (χ2n) is 10.9. The third-order valence-electron chi connectivity index (χ3n) is 7.83. The molecule has 0 unspecified atom stereocenters. The molecule has 0 heterocycles. The molecule has 3 aromatic rings. The van der Waals surface area contributed by atoms with Crippen LogP contribution in [0, 0.1) is 6.92 Å². The molecule has 0 aliphatic heterocycles. The molecule has 8 nitrogen and oxygen atoms in total. The van der Waals surface area contributed by atoms with Gasteiger partial charge >= 0.3 is 0 Å². The van der Waals surface area contributed by atoms with Gasteiger partial charge in [-0.2, -0.15) is 0 Å². The predicted octanol–water partition coefficient (Wildman–Crippen LogP) is 6.11. The zero-order valence-electron chi connectivity index (χ0n) is 25.0. The summed E-state index contributed by atoms with van der Waals surface area (Å²) in [6.45, 7) is 3.30. The van der Waals surface area contributed by atoms with E-state index in [1.165, 1.54) is 30.2 Å². The van der Waals surface area contributed by atoms with E-state index in [2.05, 4.69) is 5.32 Å². The zero-order chi connectivity index (χ0) is 31.0. The predicted molar refractivity (Wildman–Crippen MR) is 170 cm³/mol. The van der Waals surface area contributed by atoms with Gasteiger partial charge in [-0.1, -0.05) is 85.8 Å². The largest absolute Gasteiger partial charge is 0.495 e. The molecule has 3 aromatic carbocycles. The Labute approximate surface area is 260 Å². The Balaban J connectivity index is 1.74. The molecule has 43 heavy (non-hydrogen) atoms. The molecule has 1 aliphatic carbocycles. The summed E-state index contributed by atoms with van der Waals surface area (Å²) in [5, 5.41) is 3.45. The first kappa shape index (κ1) is 32.4. The second kappa shape index (κ2) is 14.8. The zero-order valence-corrected chi connectivity index (χ0v) is 26.5. The number of benzene rings is 3. The van der Waals surface area contributed by atoms with Crippen LogP contribution in [0.25, 0.3) is 0 Å². The van der Waals surface area contributed by atoms with E-state index in [0.717, 1.165) is 47.5 Å². The van der Waals surface area contributed by atoms with Crippen LogP contribution in [0.5, 0.6) is 5.75 Å². The molecular formula is C33H40ClN3O5S. The van der Waals surface area contributed by atoms with E-state index in [1.807, 2.05) is 44.2 Å². The van der Waals surface area contributed by atoms with Crippen LogP contribution in [0.3, 0.4) is 0 Å². The standard InChI is InChI=1S/C33H40ClN3O5S/c1-4-29(33(39)35-27-13-9-6-10-14-27)36(22-25-11-7-5-8-12-25)32(38)23-37(30-21-26(34)17-20-31(30)42-3)43(40,41)28-18-15-24(2)16-19-28/h5,7-8,11-12,15-21,27,29H,4,6,9-10,13-14,22-23H2,1-3H3,(H,35,39)/t29-/m0/s1. The molecule has 1 N–H and O–H groups in total. The van der Waals surface area contributed by atoms with Gasteiger partial charge < -0.3 is 15.0 Å². The van der Waals surface area contributed by atoms with Crippen molar-refractivity contribution in [1.29, 1.82) is 0 Å². The molecule has 1 saturated carbocycles. The van der Waals surface area contributed by atoms with Crippen molar-refractivity contribution >= 4 is 39.1 Å². The summed E-state index contributed by atoms with van der Waals surface area (Å²) in [7, 11) is -2.82. The van der Waals surface area contributed by atoms with E-state index in [0.29, 0.717) is 6.42 Å². The molecule has 1 atom stereocenters. The van der Waals surface area contributed by atoms with Crippen molar-refractivity contribution in [2.75, 3.05) is 18.0 Å². The summed E-state index contributed by atoms with van der Waals surface area (Å²) in [5.74, 6) is -0.510. The third kappa shape index (κ3) is 8.09. The lowest BCUT2D eigenvalue weighted by atomic mass is 9.95. The highest BCUT2D eigenvalue weighted by Crippen LogP contribution is 2.35. The van der Waals surface area contributed by atoms with Crippen LogP contribution in [0.15, 0.2) is 77.7 Å². The maximum absolute atomic E-state index is 14.3. The molecule has 1 aliphatic rings. The normalized spacial score (nSPS) is 14.5. The number of anilines is 1. The van der Waals surface area contributed by atoms with Gasteiger partial charge in [0.05, 0.1) is 17.7 Å². The van der Waals surface area contributed by atoms with Crippen molar-refractivity contribution in [3.05, 3.63) is 88.9 Å². The van der Waals surface area contributed by atoms with Crippen LogP contribution < -0.4 is 14.4 Å². The van der Waals surface area contributed by atoms with Gasteiger partial charge in [0.15, 0.2) is 0 Å². The fourth-order valence-electron chi connectivity index (χ4n) is 5.45. The first-order chi connectivity index (χ1) is 20.6. The van der Waals surface area contributed by atoms with E-state index >= 15 is 0 Å². The van der Waals surface area contributed by atoms with Gasteiger partial charge in [-0.25, -0.2) is 8.42 Å². The summed E-state index contributed by atoms with van der Waals surface area (Å²) < 4.78 is 34.8. The molecule has 0 spiro atoms.